The van der Waals surface area contributed by atoms with Gasteiger partial charge in [-0.25, -0.2) is 0 Å². The van der Waals surface area contributed by atoms with Gasteiger partial charge in [-0.3, -0.25) is 0 Å². The Kier molecular flexibility index (Phi) is 2.48. The zero-order valence-electron chi connectivity index (χ0n) is 8.00. The fraction of sp³-hybridized carbons (Fsp3) is 0.273. The first-order valence-corrected chi connectivity index (χ1v) is 4.95. The quantitative estimate of drug-likeness (QED) is 0.807. The topological polar surface area (TPSA) is 25.2 Å². The molecule has 0 amide bonds. The number of aliphatic hydroxyl groups is 1. The van der Waals surface area contributed by atoms with Gasteiger partial charge < -0.3 is 9.67 Å². The molecule has 0 aliphatic heterocycles. The van der Waals surface area contributed by atoms with Gasteiger partial charge in [0.15, 0.2) is 0 Å². The molecule has 1 aromatic carbocycles. The van der Waals surface area contributed by atoms with Crippen LogP contribution in [0.15, 0.2) is 24.4 Å². The van der Waals surface area contributed by atoms with E-state index in [1.54, 1.807) is 0 Å². The molecule has 1 heterocycles. The Morgan fingerprint density at radius 2 is 2.21 bits per heavy atom. The molecule has 0 aliphatic rings. The number of aromatic nitrogens is 1. The summed E-state index contributed by atoms with van der Waals surface area (Å²) in [5.74, 6) is 0. The van der Waals surface area contributed by atoms with Gasteiger partial charge in [-0.05, 0) is 12.0 Å². The largest absolute Gasteiger partial charge is 0.396 e. The van der Waals surface area contributed by atoms with Crippen molar-refractivity contribution in [2.45, 2.75) is 6.42 Å². The minimum absolute atomic E-state index is 0.169. The van der Waals surface area contributed by atoms with Crippen LogP contribution in [0.3, 0.4) is 0 Å². The minimum atomic E-state index is 0.169. The van der Waals surface area contributed by atoms with Gasteiger partial charge in [-0.15, -0.1) is 0 Å². The van der Waals surface area contributed by atoms with Crippen molar-refractivity contribution in [2.24, 2.45) is 7.05 Å². The molecule has 0 spiro atoms. The Morgan fingerprint density at radius 3 is 2.93 bits per heavy atom. The van der Waals surface area contributed by atoms with Crippen LogP contribution < -0.4 is 0 Å². The van der Waals surface area contributed by atoms with Gasteiger partial charge in [0, 0.05) is 25.2 Å². The zero-order chi connectivity index (χ0) is 10.1. The molecule has 0 radical (unpaired) electrons. The fourth-order valence-electron chi connectivity index (χ4n) is 1.83. The van der Waals surface area contributed by atoms with Crippen LogP contribution in [0, 0.1) is 0 Å². The molecule has 1 N–H and O–H groups in total. The molecular weight excluding hydrogens is 198 g/mol. The molecule has 3 heteroatoms. The first-order valence-electron chi connectivity index (χ1n) is 4.57. The van der Waals surface area contributed by atoms with E-state index >= 15 is 0 Å². The molecule has 0 aliphatic carbocycles. The number of halogens is 1. The summed E-state index contributed by atoms with van der Waals surface area (Å²) >= 11 is 6.07. The second kappa shape index (κ2) is 3.64. The van der Waals surface area contributed by atoms with Crippen LogP contribution in [0.2, 0.25) is 5.02 Å². The Labute approximate surface area is 87.7 Å². The number of nitrogens with zero attached hydrogens (tertiary/aromatic N) is 1. The molecule has 2 rings (SSSR count). The Bertz CT molecular complexity index is 462. The normalized spacial score (nSPS) is 11.1. The summed E-state index contributed by atoms with van der Waals surface area (Å²) in [7, 11) is 1.97. The highest BCUT2D eigenvalue weighted by Gasteiger charge is 2.07. The molecule has 2 aromatic rings. The van der Waals surface area contributed by atoms with Crippen molar-refractivity contribution in [3.63, 3.8) is 0 Å². The van der Waals surface area contributed by atoms with Crippen molar-refractivity contribution in [3.05, 3.63) is 35.0 Å². The highest BCUT2D eigenvalue weighted by molar-refractivity contribution is 6.35. The number of aryl methyl sites for hydroxylation is 1. The first kappa shape index (κ1) is 9.56. The van der Waals surface area contributed by atoms with E-state index in [4.69, 9.17) is 16.7 Å². The summed E-state index contributed by atoms with van der Waals surface area (Å²) in [6.07, 6.45) is 2.57. The van der Waals surface area contributed by atoms with E-state index in [0.717, 1.165) is 21.5 Å². The molecule has 0 bridgehead atoms. The summed E-state index contributed by atoms with van der Waals surface area (Å²) in [6, 6.07) is 5.99. The smallest absolute Gasteiger partial charge is 0.0661 e. The molecular formula is C11H12ClNO. The molecule has 0 atom stereocenters. The van der Waals surface area contributed by atoms with Crippen LogP contribution >= 0.6 is 11.6 Å². The average molecular weight is 210 g/mol. The summed E-state index contributed by atoms with van der Waals surface area (Å²) in [5.41, 5.74) is 2.26. The van der Waals surface area contributed by atoms with Gasteiger partial charge in [0.05, 0.1) is 10.5 Å². The first-order chi connectivity index (χ1) is 6.74. The van der Waals surface area contributed by atoms with Crippen molar-refractivity contribution < 1.29 is 5.11 Å². The molecule has 2 nitrogen and oxygen atoms in total. The summed E-state index contributed by atoms with van der Waals surface area (Å²) in [6.45, 7) is 0.169. The van der Waals surface area contributed by atoms with E-state index in [-0.39, 0.29) is 6.61 Å². The van der Waals surface area contributed by atoms with Gasteiger partial charge >= 0.3 is 0 Å². The number of hydrogen-bond acceptors (Lipinski definition) is 1. The lowest BCUT2D eigenvalue weighted by Gasteiger charge is -2.03. The van der Waals surface area contributed by atoms with Crippen molar-refractivity contribution >= 4 is 22.5 Å². The van der Waals surface area contributed by atoms with Crippen molar-refractivity contribution in [2.75, 3.05) is 6.61 Å². The third-order valence-electron chi connectivity index (χ3n) is 2.42. The summed E-state index contributed by atoms with van der Waals surface area (Å²) < 4.78 is 2.00. The Morgan fingerprint density at radius 1 is 1.43 bits per heavy atom. The predicted molar refractivity (Wildman–Crippen MR) is 58.7 cm³/mol. The van der Waals surface area contributed by atoms with Gasteiger partial charge in [-0.1, -0.05) is 29.8 Å². The number of aliphatic hydroxyl groups excluding tert-OH is 1. The maximum Gasteiger partial charge on any atom is 0.0661 e. The predicted octanol–water partition coefficient (Wildman–Crippen LogP) is 2.37. The maximum absolute atomic E-state index is 8.93. The van der Waals surface area contributed by atoms with Gasteiger partial charge in [0.25, 0.3) is 0 Å². The van der Waals surface area contributed by atoms with E-state index < -0.39 is 0 Å². The SMILES string of the molecule is Cn1cc(Cl)c2cccc(CCO)c21. The summed E-state index contributed by atoms with van der Waals surface area (Å²) in [5, 5.41) is 10.8. The second-order valence-electron chi connectivity index (χ2n) is 3.37. The third kappa shape index (κ3) is 1.41. The lowest BCUT2D eigenvalue weighted by atomic mass is 10.1. The second-order valence-corrected chi connectivity index (χ2v) is 3.78. The van der Waals surface area contributed by atoms with Crippen LogP contribution in [0.25, 0.3) is 10.9 Å². The lowest BCUT2D eigenvalue weighted by molar-refractivity contribution is 0.300. The van der Waals surface area contributed by atoms with Crippen LogP contribution in [-0.2, 0) is 13.5 Å². The van der Waals surface area contributed by atoms with Crippen LogP contribution in [-0.4, -0.2) is 16.3 Å². The highest BCUT2D eigenvalue weighted by Crippen LogP contribution is 2.27. The molecule has 0 unspecified atom stereocenters. The number of rotatable bonds is 2. The van der Waals surface area contributed by atoms with Crippen molar-refractivity contribution in [1.29, 1.82) is 0 Å². The van der Waals surface area contributed by atoms with Crippen molar-refractivity contribution in [3.8, 4) is 0 Å². The number of fused-ring (bicyclic) bond motifs is 1. The number of para-hydroxylation sites is 1. The standard InChI is InChI=1S/C11H12ClNO/c1-13-7-10(12)9-4-2-3-8(5-6-14)11(9)13/h2-4,7,14H,5-6H2,1H3. The van der Waals surface area contributed by atoms with E-state index in [0.29, 0.717) is 6.42 Å². The fourth-order valence-corrected chi connectivity index (χ4v) is 2.13. The molecule has 0 saturated heterocycles. The zero-order valence-corrected chi connectivity index (χ0v) is 8.75. The Balaban J connectivity index is 2.72. The minimum Gasteiger partial charge on any atom is -0.396 e. The number of benzene rings is 1. The van der Waals surface area contributed by atoms with E-state index in [1.807, 2.05) is 36.0 Å². The third-order valence-corrected chi connectivity index (χ3v) is 2.72. The average Bonchev–Trinajstić information content (AvgIpc) is 2.44. The molecule has 0 saturated carbocycles. The van der Waals surface area contributed by atoms with E-state index in [1.165, 1.54) is 0 Å². The van der Waals surface area contributed by atoms with Gasteiger partial charge in [0.1, 0.15) is 0 Å². The monoisotopic (exact) mass is 209 g/mol. The lowest BCUT2D eigenvalue weighted by Crippen LogP contribution is -1.95. The molecule has 74 valence electrons. The maximum atomic E-state index is 8.93. The van der Waals surface area contributed by atoms with Gasteiger partial charge in [0.2, 0.25) is 0 Å². The van der Waals surface area contributed by atoms with Crippen LogP contribution in [0.5, 0.6) is 0 Å². The molecule has 0 fully saturated rings. The highest BCUT2D eigenvalue weighted by atomic mass is 35.5. The van der Waals surface area contributed by atoms with Crippen LogP contribution in [0.1, 0.15) is 5.56 Å². The number of hydrogen-bond donors (Lipinski definition) is 1. The summed E-state index contributed by atoms with van der Waals surface area (Å²) in [4.78, 5) is 0. The van der Waals surface area contributed by atoms with E-state index in [9.17, 15) is 0 Å². The molecule has 1 aromatic heterocycles. The van der Waals surface area contributed by atoms with Crippen molar-refractivity contribution in [1.82, 2.24) is 4.57 Å². The van der Waals surface area contributed by atoms with Crippen LogP contribution in [0.4, 0.5) is 0 Å². The Hall–Kier alpha value is -0.990. The molecule has 14 heavy (non-hydrogen) atoms. The van der Waals surface area contributed by atoms with Gasteiger partial charge in [-0.2, -0.15) is 0 Å². The van der Waals surface area contributed by atoms with E-state index in [2.05, 4.69) is 0 Å².